The Hall–Kier alpha value is -2.03. The summed E-state index contributed by atoms with van der Waals surface area (Å²) in [5.74, 6) is -0.837. The maximum absolute atomic E-state index is 12.3. The molecule has 0 heterocycles. The minimum Gasteiger partial charge on any atom is -0.504 e. The van der Waals surface area contributed by atoms with Gasteiger partial charge in [-0.05, 0) is 24.5 Å². The number of aryl methyl sites for hydroxylation is 1. The van der Waals surface area contributed by atoms with E-state index in [0.717, 1.165) is 19.2 Å². The molecule has 6 nitrogen and oxygen atoms in total. The number of phenols is 1. The van der Waals surface area contributed by atoms with Crippen LogP contribution in [0.3, 0.4) is 0 Å². The lowest BCUT2D eigenvalue weighted by Crippen LogP contribution is -2.37. The molecule has 0 aliphatic heterocycles. The van der Waals surface area contributed by atoms with E-state index >= 15 is 0 Å². The van der Waals surface area contributed by atoms with E-state index < -0.39 is 35.0 Å². The second-order valence-corrected chi connectivity index (χ2v) is 4.11. The first-order chi connectivity index (χ1) is 9.16. The van der Waals surface area contributed by atoms with Crippen LogP contribution in [0.25, 0.3) is 0 Å². The van der Waals surface area contributed by atoms with E-state index in [4.69, 9.17) is 5.73 Å². The van der Waals surface area contributed by atoms with Gasteiger partial charge in [0.2, 0.25) is 5.75 Å². The Bertz CT molecular complexity index is 505. The molecule has 0 spiro atoms. The molecule has 112 valence electrons. The standard InChI is InChI=1S/C11H13F3N2O4/c1-20-10-7(16(18)19)4-6(5-8(10)17)2-3-9(15)11(12,13)14/h4-5,9,17H,2-3,15H2,1H3. The summed E-state index contributed by atoms with van der Waals surface area (Å²) in [4.78, 5) is 10.0. The average molecular weight is 294 g/mol. The zero-order valence-corrected chi connectivity index (χ0v) is 10.5. The first-order valence-electron chi connectivity index (χ1n) is 5.53. The number of rotatable bonds is 5. The average Bonchev–Trinajstić information content (AvgIpc) is 2.33. The fourth-order valence-electron chi connectivity index (χ4n) is 1.63. The van der Waals surface area contributed by atoms with Gasteiger partial charge >= 0.3 is 11.9 Å². The number of methoxy groups -OCH3 is 1. The lowest BCUT2D eigenvalue weighted by atomic mass is 10.0. The van der Waals surface area contributed by atoms with Gasteiger partial charge in [0, 0.05) is 6.07 Å². The molecule has 0 fully saturated rings. The highest BCUT2D eigenvalue weighted by atomic mass is 19.4. The van der Waals surface area contributed by atoms with Crippen LogP contribution in [0.5, 0.6) is 11.5 Å². The smallest absolute Gasteiger partial charge is 0.403 e. The van der Waals surface area contributed by atoms with Gasteiger partial charge in [-0.1, -0.05) is 0 Å². The number of hydrogen-bond donors (Lipinski definition) is 2. The van der Waals surface area contributed by atoms with Crippen LogP contribution in [-0.4, -0.2) is 29.4 Å². The number of ether oxygens (including phenoxy) is 1. The summed E-state index contributed by atoms with van der Waals surface area (Å²) in [6.07, 6.45) is -5.12. The summed E-state index contributed by atoms with van der Waals surface area (Å²) < 4.78 is 41.4. The van der Waals surface area contributed by atoms with Crippen LogP contribution < -0.4 is 10.5 Å². The molecule has 0 saturated carbocycles. The Morgan fingerprint density at radius 3 is 2.55 bits per heavy atom. The van der Waals surface area contributed by atoms with E-state index in [-0.39, 0.29) is 17.7 Å². The maximum Gasteiger partial charge on any atom is 0.403 e. The monoisotopic (exact) mass is 294 g/mol. The largest absolute Gasteiger partial charge is 0.504 e. The van der Waals surface area contributed by atoms with Crippen molar-refractivity contribution in [1.82, 2.24) is 0 Å². The molecule has 3 N–H and O–H groups in total. The van der Waals surface area contributed by atoms with Crippen LogP contribution in [0.4, 0.5) is 18.9 Å². The van der Waals surface area contributed by atoms with Crippen LogP contribution >= 0.6 is 0 Å². The van der Waals surface area contributed by atoms with Crippen molar-refractivity contribution in [2.24, 2.45) is 5.73 Å². The van der Waals surface area contributed by atoms with E-state index in [1.54, 1.807) is 0 Å². The van der Waals surface area contributed by atoms with Gasteiger partial charge in [0.05, 0.1) is 12.0 Å². The first-order valence-corrected chi connectivity index (χ1v) is 5.53. The first kappa shape index (κ1) is 16.0. The van der Waals surface area contributed by atoms with E-state index in [1.165, 1.54) is 0 Å². The second kappa shape index (κ2) is 5.95. The molecule has 0 aliphatic rings. The molecule has 1 aromatic rings. The predicted octanol–water partition coefficient (Wildman–Crippen LogP) is 2.13. The van der Waals surface area contributed by atoms with E-state index in [0.29, 0.717) is 0 Å². The van der Waals surface area contributed by atoms with Crippen molar-refractivity contribution in [1.29, 1.82) is 0 Å². The fourth-order valence-corrected chi connectivity index (χ4v) is 1.63. The molecular formula is C11H13F3N2O4. The predicted molar refractivity (Wildman–Crippen MR) is 63.7 cm³/mol. The lowest BCUT2D eigenvalue weighted by Gasteiger charge is -2.15. The molecule has 1 unspecified atom stereocenters. The van der Waals surface area contributed by atoms with Gasteiger partial charge in [-0.15, -0.1) is 0 Å². The number of nitrogens with two attached hydrogens (primary N) is 1. The minimum absolute atomic E-state index is 0.154. The number of halogens is 3. The lowest BCUT2D eigenvalue weighted by molar-refractivity contribution is -0.385. The van der Waals surface area contributed by atoms with Gasteiger partial charge in [-0.25, -0.2) is 0 Å². The van der Waals surface area contributed by atoms with Crippen molar-refractivity contribution in [3.8, 4) is 11.5 Å². The molecule has 1 rings (SSSR count). The number of benzene rings is 1. The molecule has 0 bridgehead atoms. The van der Waals surface area contributed by atoms with E-state index in [1.807, 2.05) is 0 Å². The van der Waals surface area contributed by atoms with Gasteiger partial charge in [-0.3, -0.25) is 10.1 Å². The van der Waals surface area contributed by atoms with Crippen molar-refractivity contribution in [3.05, 3.63) is 27.8 Å². The molecule has 1 aromatic carbocycles. The molecule has 0 radical (unpaired) electrons. The summed E-state index contributed by atoms with van der Waals surface area (Å²) >= 11 is 0. The van der Waals surface area contributed by atoms with Gasteiger partial charge < -0.3 is 15.6 Å². The van der Waals surface area contributed by atoms with Crippen molar-refractivity contribution in [2.75, 3.05) is 7.11 Å². The third kappa shape index (κ3) is 3.73. The van der Waals surface area contributed by atoms with Gasteiger partial charge in [0.1, 0.15) is 6.04 Å². The fraction of sp³-hybridized carbons (Fsp3) is 0.455. The topological polar surface area (TPSA) is 98.6 Å². The Morgan fingerprint density at radius 2 is 2.10 bits per heavy atom. The van der Waals surface area contributed by atoms with Crippen LogP contribution in [0, 0.1) is 10.1 Å². The van der Waals surface area contributed by atoms with E-state index in [9.17, 15) is 28.4 Å². The summed E-state index contributed by atoms with van der Waals surface area (Å²) in [5.41, 5.74) is 4.61. The normalized spacial score (nSPS) is 13.1. The highest BCUT2D eigenvalue weighted by Crippen LogP contribution is 2.37. The zero-order chi connectivity index (χ0) is 15.5. The molecule has 0 saturated heterocycles. The van der Waals surface area contributed by atoms with Gasteiger partial charge in [0.25, 0.3) is 0 Å². The van der Waals surface area contributed by atoms with Gasteiger partial charge in [-0.2, -0.15) is 13.2 Å². The molecule has 0 aliphatic carbocycles. The molecule has 0 aromatic heterocycles. The quantitative estimate of drug-likeness (QED) is 0.640. The molecule has 0 amide bonds. The van der Waals surface area contributed by atoms with E-state index in [2.05, 4.69) is 4.74 Å². The minimum atomic E-state index is -4.53. The van der Waals surface area contributed by atoms with Crippen LogP contribution in [-0.2, 0) is 6.42 Å². The number of aromatic hydroxyl groups is 1. The molecule has 1 atom stereocenters. The summed E-state index contributed by atoms with van der Waals surface area (Å²) in [6.45, 7) is 0. The van der Waals surface area contributed by atoms with Gasteiger partial charge in [0.15, 0.2) is 5.75 Å². The van der Waals surface area contributed by atoms with Crippen LogP contribution in [0.15, 0.2) is 12.1 Å². The number of alkyl halides is 3. The number of hydrogen-bond acceptors (Lipinski definition) is 5. The summed E-state index contributed by atoms with van der Waals surface area (Å²) in [7, 11) is 1.14. The Balaban J connectivity index is 2.95. The number of nitro groups is 1. The Kier molecular flexibility index (Phi) is 4.77. The molecule has 9 heteroatoms. The van der Waals surface area contributed by atoms with Crippen molar-refractivity contribution in [2.45, 2.75) is 25.1 Å². The number of nitro benzene ring substituents is 1. The third-order valence-electron chi connectivity index (χ3n) is 2.67. The number of nitrogens with zero attached hydrogens (tertiary/aromatic N) is 1. The zero-order valence-electron chi connectivity index (χ0n) is 10.5. The summed E-state index contributed by atoms with van der Waals surface area (Å²) in [5, 5.41) is 20.4. The highest BCUT2D eigenvalue weighted by Gasteiger charge is 2.36. The summed E-state index contributed by atoms with van der Waals surface area (Å²) in [6, 6.07) is 0.155. The second-order valence-electron chi connectivity index (χ2n) is 4.11. The molecular weight excluding hydrogens is 281 g/mol. The molecule has 20 heavy (non-hydrogen) atoms. The SMILES string of the molecule is COc1c(O)cc(CCC(N)C(F)(F)F)cc1[N+](=O)[O-]. The maximum atomic E-state index is 12.3. The van der Waals surface area contributed by atoms with Crippen LogP contribution in [0.2, 0.25) is 0 Å². The number of phenolic OH excluding ortho intramolecular Hbond substituents is 1. The highest BCUT2D eigenvalue weighted by molar-refractivity contribution is 5.57. The van der Waals surface area contributed by atoms with Crippen LogP contribution in [0.1, 0.15) is 12.0 Å². The van der Waals surface area contributed by atoms with Crippen molar-refractivity contribution < 1.29 is 27.9 Å². The van der Waals surface area contributed by atoms with Crippen molar-refractivity contribution >= 4 is 5.69 Å². The Labute approximate surface area is 112 Å². The third-order valence-corrected chi connectivity index (χ3v) is 2.67. The Morgan fingerprint density at radius 1 is 1.50 bits per heavy atom. The van der Waals surface area contributed by atoms with Crippen molar-refractivity contribution in [3.63, 3.8) is 0 Å².